The van der Waals surface area contributed by atoms with Crippen LogP contribution in [-0.2, 0) is 5.41 Å². The van der Waals surface area contributed by atoms with Crippen LogP contribution in [-0.4, -0.2) is 22.8 Å². The number of benzene rings is 3. The number of aliphatic hydroxyl groups excluding tert-OH is 1. The van der Waals surface area contributed by atoms with Crippen molar-refractivity contribution in [3.63, 3.8) is 0 Å². The Morgan fingerprint density at radius 3 is 2.17 bits per heavy atom. The summed E-state index contributed by atoms with van der Waals surface area (Å²) in [5, 5.41) is 20.2. The van der Waals surface area contributed by atoms with Gasteiger partial charge in [-0.3, -0.25) is 0 Å². The van der Waals surface area contributed by atoms with E-state index in [0.717, 1.165) is 33.6 Å². The molecule has 0 saturated heterocycles. The Morgan fingerprint density at radius 2 is 1.63 bits per heavy atom. The molecule has 0 spiro atoms. The summed E-state index contributed by atoms with van der Waals surface area (Å²) in [7, 11) is 0. The zero-order valence-electron chi connectivity index (χ0n) is 21.5. The van der Waals surface area contributed by atoms with Crippen molar-refractivity contribution in [2.45, 2.75) is 53.1 Å². The first-order valence-corrected chi connectivity index (χ1v) is 12.0. The van der Waals surface area contributed by atoms with Crippen LogP contribution in [0, 0.1) is 12.8 Å². The van der Waals surface area contributed by atoms with E-state index >= 15 is 0 Å². The number of hydrogen-bond acceptors (Lipinski definition) is 3. The van der Waals surface area contributed by atoms with E-state index in [0.29, 0.717) is 12.5 Å². The highest BCUT2D eigenvalue weighted by atomic mass is 16.5. The molecule has 3 rings (SSSR count). The van der Waals surface area contributed by atoms with E-state index in [1.54, 1.807) is 36.4 Å². The van der Waals surface area contributed by atoms with E-state index in [-0.39, 0.29) is 11.0 Å². The summed E-state index contributed by atoms with van der Waals surface area (Å²) in [6.07, 6.45) is 2.66. The second-order valence-electron chi connectivity index (χ2n) is 10.5. The van der Waals surface area contributed by atoms with Gasteiger partial charge in [-0.2, -0.15) is 0 Å². The van der Waals surface area contributed by atoms with E-state index in [9.17, 15) is 9.90 Å². The van der Waals surface area contributed by atoms with Crippen LogP contribution in [0.4, 0.5) is 0 Å². The van der Waals surface area contributed by atoms with Crippen molar-refractivity contribution < 1.29 is 19.7 Å². The first-order chi connectivity index (χ1) is 16.5. The Bertz CT molecular complexity index is 1180. The predicted octanol–water partition coefficient (Wildman–Crippen LogP) is 7.44. The predicted molar refractivity (Wildman–Crippen MR) is 143 cm³/mol. The van der Waals surface area contributed by atoms with Crippen molar-refractivity contribution >= 4 is 12.0 Å². The number of aryl methyl sites for hydroxylation is 1. The molecule has 0 aliphatic heterocycles. The lowest BCUT2D eigenvalue weighted by molar-refractivity contribution is 0.0697. The van der Waals surface area contributed by atoms with Gasteiger partial charge in [0, 0.05) is 5.56 Å². The molecule has 0 amide bonds. The number of carbonyl (C=O) groups is 1. The lowest BCUT2D eigenvalue weighted by atomic mass is 9.79. The van der Waals surface area contributed by atoms with Crippen LogP contribution in [0.5, 0.6) is 5.75 Å². The molecule has 4 nitrogen and oxygen atoms in total. The lowest BCUT2D eigenvalue weighted by Crippen LogP contribution is -2.17. The number of carboxylic acid groups (broad SMARTS) is 1. The molecular formula is C31H36O4. The number of hydrogen-bond donors (Lipinski definition) is 2. The van der Waals surface area contributed by atoms with Crippen LogP contribution in [0.1, 0.15) is 73.3 Å². The van der Waals surface area contributed by atoms with Gasteiger partial charge in [-0.1, -0.05) is 88.7 Å². The molecule has 35 heavy (non-hydrogen) atoms. The van der Waals surface area contributed by atoms with E-state index in [2.05, 4.69) is 71.9 Å². The largest absolute Gasteiger partial charge is 0.493 e. The Hall–Kier alpha value is -3.37. The van der Waals surface area contributed by atoms with Gasteiger partial charge >= 0.3 is 5.97 Å². The summed E-state index contributed by atoms with van der Waals surface area (Å²) in [5.41, 5.74) is 6.06. The summed E-state index contributed by atoms with van der Waals surface area (Å²) in [4.78, 5) is 11.1. The van der Waals surface area contributed by atoms with Crippen molar-refractivity contribution in [3.8, 4) is 16.9 Å². The van der Waals surface area contributed by atoms with Gasteiger partial charge in [-0.05, 0) is 64.8 Å². The maximum Gasteiger partial charge on any atom is 0.335 e. The third kappa shape index (κ3) is 6.83. The highest BCUT2D eigenvalue weighted by Gasteiger charge is 2.26. The van der Waals surface area contributed by atoms with Crippen LogP contribution >= 0.6 is 0 Å². The SMILES string of the molecule is Cc1ccc(-c2cc(C(O)/C=C/c3ccc(C(=O)O)cc3)cc(OCC(C)C)c2C(C)(C)C)cc1. The van der Waals surface area contributed by atoms with Crippen molar-refractivity contribution in [3.05, 3.63) is 94.6 Å². The van der Waals surface area contributed by atoms with Gasteiger partial charge in [0.15, 0.2) is 0 Å². The second-order valence-corrected chi connectivity index (χ2v) is 10.5. The fourth-order valence-corrected chi connectivity index (χ4v) is 3.96. The number of aliphatic hydroxyl groups is 1. The Morgan fingerprint density at radius 1 is 1.00 bits per heavy atom. The van der Waals surface area contributed by atoms with Crippen LogP contribution in [0.2, 0.25) is 0 Å². The minimum atomic E-state index is -0.961. The van der Waals surface area contributed by atoms with E-state index in [4.69, 9.17) is 9.84 Å². The summed E-state index contributed by atoms with van der Waals surface area (Å²) >= 11 is 0. The fourth-order valence-electron chi connectivity index (χ4n) is 3.96. The van der Waals surface area contributed by atoms with Crippen molar-refractivity contribution in [2.24, 2.45) is 5.92 Å². The molecule has 0 heterocycles. The molecule has 0 aromatic heterocycles. The lowest BCUT2D eigenvalue weighted by Gasteiger charge is -2.28. The average molecular weight is 473 g/mol. The van der Waals surface area contributed by atoms with E-state index in [1.165, 1.54) is 5.56 Å². The molecular weight excluding hydrogens is 436 g/mol. The van der Waals surface area contributed by atoms with Crippen molar-refractivity contribution in [1.29, 1.82) is 0 Å². The molecule has 0 aliphatic carbocycles. The second kappa shape index (κ2) is 10.9. The third-order valence-corrected chi connectivity index (χ3v) is 5.78. The van der Waals surface area contributed by atoms with Gasteiger partial charge in [0.25, 0.3) is 0 Å². The zero-order valence-corrected chi connectivity index (χ0v) is 21.5. The minimum absolute atomic E-state index is 0.169. The van der Waals surface area contributed by atoms with Crippen molar-refractivity contribution in [1.82, 2.24) is 0 Å². The Labute approximate surface area is 208 Å². The van der Waals surface area contributed by atoms with Gasteiger partial charge in [-0.25, -0.2) is 4.79 Å². The van der Waals surface area contributed by atoms with Gasteiger partial charge in [0.1, 0.15) is 5.75 Å². The molecule has 1 unspecified atom stereocenters. The molecule has 0 saturated carbocycles. The Kier molecular flexibility index (Phi) is 8.18. The Balaban J connectivity index is 2.07. The minimum Gasteiger partial charge on any atom is -0.493 e. The normalized spacial score (nSPS) is 12.8. The highest BCUT2D eigenvalue weighted by Crippen LogP contribution is 2.42. The number of ether oxygens (including phenoxy) is 1. The van der Waals surface area contributed by atoms with Crippen LogP contribution in [0.15, 0.2) is 66.7 Å². The standard InChI is InChI=1S/C31H36O4/c1-20(2)19-35-28-18-25(27(32)16-11-22-9-14-24(15-10-22)30(33)34)17-26(29(28)31(4,5)6)23-12-7-21(3)8-13-23/h7-18,20,27,32H,19H2,1-6H3,(H,33,34)/b16-11+. The molecule has 3 aromatic rings. The molecule has 184 valence electrons. The fraction of sp³-hybridized carbons (Fsp3) is 0.323. The molecule has 2 N–H and O–H groups in total. The molecule has 0 radical (unpaired) electrons. The smallest absolute Gasteiger partial charge is 0.335 e. The van der Waals surface area contributed by atoms with Gasteiger partial charge < -0.3 is 14.9 Å². The monoisotopic (exact) mass is 472 g/mol. The first-order valence-electron chi connectivity index (χ1n) is 12.0. The molecule has 0 aliphatic rings. The first kappa shape index (κ1) is 26.2. The molecule has 3 aromatic carbocycles. The quantitative estimate of drug-likeness (QED) is 0.357. The van der Waals surface area contributed by atoms with Gasteiger partial charge in [0.05, 0.1) is 18.3 Å². The zero-order chi connectivity index (χ0) is 25.8. The number of rotatable bonds is 8. The third-order valence-electron chi connectivity index (χ3n) is 5.78. The molecule has 1 atom stereocenters. The molecule has 0 bridgehead atoms. The summed E-state index contributed by atoms with van der Waals surface area (Å²) in [6, 6.07) is 19.0. The maximum absolute atomic E-state index is 11.1. The maximum atomic E-state index is 11.1. The van der Waals surface area contributed by atoms with Crippen LogP contribution in [0.3, 0.4) is 0 Å². The van der Waals surface area contributed by atoms with Crippen LogP contribution in [0.25, 0.3) is 17.2 Å². The summed E-state index contributed by atoms with van der Waals surface area (Å²) in [5.74, 6) is 0.197. The topological polar surface area (TPSA) is 66.8 Å². The average Bonchev–Trinajstić information content (AvgIpc) is 2.80. The van der Waals surface area contributed by atoms with E-state index in [1.807, 2.05) is 6.07 Å². The summed E-state index contributed by atoms with van der Waals surface area (Å²) in [6.45, 7) is 13.4. The molecule has 0 fully saturated rings. The summed E-state index contributed by atoms with van der Waals surface area (Å²) < 4.78 is 6.31. The van der Waals surface area contributed by atoms with Crippen LogP contribution < -0.4 is 4.74 Å². The highest BCUT2D eigenvalue weighted by molar-refractivity contribution is 5.87. The van der Waals surface area contributed by atoms with E-state index < -0.39 is 12.1 Å². The number of carboxylic acids is 1. The van der Waals surface area contributed by atoms with Gasteiger partial charge in [-0.15, -0.1) is 0 Å². The molecule has 4 heteroatoms. The van der Waals surface area contributed by atoms with Gasteiger partial charge in [0.2, 0.25) is 0 Å². The number of aromatic carboxylic acids is 1. The van der Waals surface area contributed by atoms with Crippen molar-refractivity contribution in [2.75, 3.05) is 6.61 Å².